The minimum absolute atomic E-state index is 0. The monoisotopic (exact) mass is 361 g/mol. The highest BCUT2D eigenvalue weighted by atomic mass is 35.5. The number of carbonyl (C=O) groups excluding carboxylic acids is 1. The fourth-order valence-electron chi connectivity index (χ4n) is 2.52. The second-order valence-corrected chi connectivity index (χ2v) is 7.93. The van der Waals surface area contributed by atoms with Crippen LogP contribution in [0.2, 0.25) is 0 Å². The fourth-order valence-corrected chi connectivity index (χ4v) is 3.66. The molecule has 6 nitrogen and oxygen atoms in total. The van der Waals surface area contributed by atoms with Crippen molar-refractivity contribution >= 4 is 34.0 Å². The Kier molecular flexibility index (Phi) is 7.01. The Labute approximate surface area is 144 Å². The number of benzene rings is 1. The summed E-state index contributed by atoms with van der Waals surface area (Å²) in [5.74, 6) is -0.101. The van der Waals surface area contributed by atoms with E-state index in [9.17, 15) is 13.2 Å². The summed E-state index contributed by atoms with van der Waals surface area (Å²) in [5, 5.41) is 6.06. The number of rotatable bonds is 5. The van der Waals surface area contributed by atoms with Gasteiger partial charge >= 0.3 is 0 Å². The molecule has 1 atom stereocenters. The third kappa shape index (κ3) is 4.91. The van der Waals surface area contributed by atoms with Crippen LogP contribution >= 0.6 is 12.4 Å². The highest BCUT2D eigenvalue weighted by Gasteiger charge is 2.21. The van der Waals surface area contributed by atoms with Crippen molar-refractivity contribution in [2.45, 2.75) is 37.1 Å². The number of nitrogens with one attached hydrogen (secondary N) is 2. The summed E-state index contributed by atoms with van der Waals surface area (Å²) in [7, 11) is -0.535. The second kappa shape index (κ2) is 8.10. The number of amides is 1. The van der Waals surface area contributed by atoms with Crippen LogP contribution in [0, 0.1) is 6.92 Å². The first-order valence-electron chi connectivity index (χ1n) is 7.37. The van der Waals surface area contributed by atoms with Gasteiger partial charge < -0.3 is 10.6 Å². The van der Waals surface area contributed by atoms with Crippen molar-refractivity contribution < 1.29 is 13.2 Å². The van der Waals surface area contributed by atoms with Crippen LogP contribution in [-0.2, 0) is 14.8 Å². The minimum atomic E-state index is -3.52. The van der Waals surface area contributed by atoms with E-state index in [4.69, 9.17) is 0 Å². The molecule has 1 unspecified atom stereocenters. The van der Waals surface area contributed by atoms with Crippen LogP contribution in [0.1, 0.15) is 24.8 Å². The lowest BCUT2D eigenvalue weighted by atomic mass is 10.1. The van der Waals surface area contributed by atoms with Crippen LogP contribution in [0.3, 0.4) is 0 Å². The van der Waals surface area contributed by atoms with Gasteiger partial charge in [0.05, 0.1) is 4.90 Å². The molecule has 2 rings (SSSR count). The lowest BCUT2D eigenvalue weighted by molar-refractivity contribution is -0.116. The molecule has 8 heteroatoms. The molecular weight excluding hydrogens is 338 g/mol. The normalized spacial score (nSPS) is 17.8. The zero-order valence-electron chi connectivity index (χ0n) is 13.6. The van der Waals surface area contributed by atoms with Crippen molar-refractivity contribution in [3.8, 4) is 0 Å². The number of halogens is 1. The Balaban J connectivity index is 0.00000264. The number of carbonyl (C=O) groups is 1. The molecule has 130 valence electrons. The zero-order valence-corrected chi connectivity index (χ0v) is 15.3. The van der Waals surface area contributed by atoms with Gasteiger partial charge in [-0.25, -0.2) is 12.7 Å². The van der Waals surface area contributed by atoms with Crippen molar-refractivity contribution in [3.63, 3.8) is 0 Å². The molecule has 1 aromatic carbocycles. The first-order chi connectivity index (χ1) is 10.3. The van der Waals surface area contributed by atoms with E-state index in [0.29, 0.717) is 17.7 Å². The predicted molar refractivity (Wildman–Crippen MR) is 93.6 cm³/mol. The van der Waals surface area contributed by atoms with Gasteiger partial charge in [0.2, 0.25) is 15.9 Å². The van der Waals surface area contributed by atoms with Crippen LogP contribution < -0.4 is 10.6 Å². The van der Waals surface area contributed by atoms with Gasteiger partial charge in [0, 0.05) is 32.2 Å². The van der Waals surface area contributed by atoms with Crippen LogP contribution in [0.25, 0.3) is 0 Å². The maximum Gasteiger partial charge on any atom is 0.242 e. The molecular formula is C15H24ClN3O3S. The number of nitrogens with zero attached hydrogens (tertiary/aromatic N) is 1. The van der Waals surface area contributed by atoms with Gasteiger partial charge in [-0.15, -0.1) is 12.4 Å². The summed E-state index contributed by atoms with van der Waals surface area (Å²) in [5.41, 5.74) is 1.16. The summed E-state index contributed by atoms with van der Waals surface area (Å²) in [6, 6.07) is 5.17. The third-order valence-electron chi connectivity index (χ3n) is 3.82. The molecule has 0 saturated carbocycles. The van der Waals surface area contributed by atoms with Gasteiger partial charge in [-0.05, 0) is 44.0 Å². The highest BCUT2D eigenvalue weighted by Crippen LogP contribution is 2.22. The average molecular weight is 362 g/mol. The van der Waals surface area contributed by atoms with Gasteiger partial charge in [-0.1, -0.05) is 6.07 Å². The van der Waals surface area contributed by atoms with Gasteiger partial charge in [-0.2, -0.15) is 0 Å². The van der Waals surface area contributed by atoms with Crippen LogP contribution in [0.4, 0.5) is 5.69 Å². The Bertz CT molecular complexity index is 656. The lowest BCUT2D eigenvalue weighted by Crippen LogP contribution is -2.27. The molecule has 1 aliphatic rings. The van der Waals surface area contributed by atoms with Crippen LogP contribution in [-0.4, -0.2) is 45.3 Å². The lowest BCUT2D eigenvalue weighted by Gasteiger charge is -2.15. The fraction of sp³-hybridized carbons (Fsp3) is 0.533. The SMILES string of the molecule is Cc1ccc(NC(=O)CC2CCCN2)cc1S(=O)(=O)N(C)C.Cl. The molecule has 1 aliphatic heterocycles. The van der Waals surface area contributed by atoms with Crippen molar-refractivity contribution in [3.05, 3.63) is 23.8 Å². The van der Waals surface area contributed by atoms with E-state index in [2.05, 4.69) is 10.6 Å². The minimum Gasteiger partial charge on any atom is -0.326 e. The van der Waals surface area contributed by atoms with Crippen molar-refractivity contribution in [1.29, 1.82) is 0 Å². The number of aryl methyl sites for hydroxylation is 1. The van der Waals surface area contributed by atoms with Crippen molar-refractivity contribution in [2.24, 2.45) is 0 Å². The van der Waals surface area contributed by atoms with Gasteiger partial charge in [0.15, 0.2) is 0 Å². The maximum absolute atomic E-state index is 12.3. The van der Waals surface area contributed by atoms with Crippen molar-refractivity contribution in [2.75, 3.05) is 26.0 Å². The summed E-state index contributed by atoms with van der Waals surface area (Å²) < 4.78 is 25.7. The molecule has 1 amide bonds. The largest absolute Gasteiger partial charge is 0.326 e. The molecule has 2 N–H and O–H groups in total. The predicted octanol–water partition coefficient (Wildman–Crippen LogP) is 1.75. The molecule has 1 saturated heterocycles. The summed E-state index contributed by atoms with van der Waals surface area (Å²) >= 11 is 0. The molecule has 0 radical (unpaired) electrons. The zero-order chi connectivity index (χ0) is 16.3. The second-order valence-electron chi connectivity index (χ2n) is 5.81. The smallest absolute Gasteiger partial charge is 0.242 e. The first kappa shape index (κ1) is 19.9. The highest BCUT2D eigenvalue weighted by molar-refractivity contribution is 7.89. The summed E-state index contributed by atoms with van der Waals surface area (Å²) in [4.78, 5) is 12.3. The maximum atomic E-state index is 12.3. The van der Waals surface area contributed by atoms with Crippen LogP contribution in [0.15, 0.2) is 23.1 Å². The first-order valence-corrected chi connectivity index (χ1v) is 8.81. The number of anilines is 1. The Morgan fingerprint density at radius 2 is 2.09 bits per heavy atom. The van der Waals surface area contributed by atoms with E-state index in [0.717, 1.165) is 19.4 Å². The average Bonchev–Trinajstić information content (AvgIpc) is 2.93. The van der Waals surface area contributed by atoms with Gasteiger partial charge in [0.25, 0.3) is 0 Å². The van der Waals surface area contributed by atoms with Crippen molar-refractivity contribution in [1.82, 2.24) is 9.62 Å². The van der Waals surface area contributed by atoms with Crippen LogP contribution in [0.5, 0.6) is 0 Å². The topological polar surface area (TPSA) is 78.5 Å². The molecule has 1 aromatic rings. The molecule has 0 bridgehead atoms. The molecule has 0 aliphatic carbocycles. The number of sulfonamides is 1. The standard InChI is InChI=1S/C15H23N3O3S.ClH/c1-11-6-7-13(9-14(11)22(20,21)18(2)3)17-15(19)10-12-5-4-8-16-12;/h6-7,9,12,16H,4-5,8,10H2,1-3H3,(H,17,19);1H. The van der Waals surface area contributed by atoms with Gasteiger partial charge in [-0.3, -0.25) is 4.79 Å². The molecule has 0 spiro atoms. The number of hydrogen-bond donors (Lipinski definition) is 2. The molecule has 1 fully saturated rings. The quantitative estimate of drug-likeness (QED) is 0.837. The molecule has 1 heterocycles. The van der Waals surface area contributed by atoms with E-state index in [1.54, 1.807) is 19.1 Å². The third-order valence-corrected chi connectivity index (χ3v) is 5.78. The molecule has 0 aromatic heterocycles. The Morgan fingerprint density at radius 1 is 1.39 bits per heavy atom. The van der Waals surface area contributed by atoms with Gasteiger partial charge in [0.1, 0.15) is 0 Å². The van der Waals surface area contributed by atoms with E-state index in [-0.39, 0.29) is 29.3 Å². The van der Waals surface area contributed by atoms with E-state index >= 15 is 0 Å². The molecule has 23 heavy (non-hydrogen) atoms. The Hall–Kier alpha value is -1.15. The number of hydrogen-bond acceptors (Lipinski definition) is 4. The summed E-state index contributed by atoms with van der Waals surface area (Å²) in [6.07, 6.45) is 2.50. The van der Waals surface area contributed by atoms with E-state index in [1.807, 2.05) is 0 Å². The van der Waals surface area contributed by atoms with E-state index in [1.165, 1.54) is 24.5 Å². The summed E-state index contributed by atoms with van der Waals surface area (Å²) in [6.45, 7) is 2.69. The van der Waals surface area contributed by atoms with E-state index < -0.39 is 10.0 Å². The Morgan fingerprint density at radius 3 is 2.65 bits per heavy atom.